The van der Waals surface area contributed by atoms with E-state index >= 15 is 0 Å². The van der Waals surface area contributed by atoms with Crippen LogP contribution in [0.4, 0.5) is 4.39 Å². The summed E-state index contributed by atoms with van der Waals surface area (Å²) >= 11 is 0. The molecular weight excluding hydrogens is 261 g/mol. The van der Waals surface area contributed by atoms with Gasteiger partial charge in [0.1, 0.15) is 6.67 Å². The van der Waals surface area contributed by atoms with Crippen molar-refractivity contribution in [3.63, 3.8) is 0 Å². The van der Waals surface area contributed by atoms with E-state index in [1.54, 1.807) is 0 Å². The summed E-state index contributed by atoms with van der Waals surface area (Å²) in [6.07, 6.45) is 1.08. The Hall–Kier alpha value is -1.05. The van der Waals surface area contributed by atoms with Crippen LogP contribution >= 0.6 is 0 Å². The van der Waals surface area contributed by atoms with E-state index in [9.17, 15) is 9.60 Å². The smallest absolute Gasteiger partial charge is 0.107 e. The maximum absolute atomic E-state index is 12.7. The Morgan fingerprint density at radius 3 is 2.35 bits per heavy atom. The molecule has 6 N–H and O–H groups in total. The topological polar surface area (TPSA) is 93.5 Å². The van der Waals surface area contributed by atoms with Crippen LogP contribution in [-0.2, 0) is 4.74 Å². The van der Waals surface area contributed by atoms with Crippen LogP contribution in [0.2, 0.25) is 0 Å². The van der Waals surface area contributed by atoms with Crippen LogP contribution in [0, 0.1) is 0 Å². The predicted molar refractivity (Wildman–Crippen MR) is 76.1 cm³/mol. The third kappa shape index (κ3) is 4.50. The number of halogens is 1. The number of nitrogens with two attached hydrogens (primary N) is 2. The van der Waals surface area contributed by atoms with Crippen LogP contribution in [0.3, 0.4) is 0 Å². The van der Waals surface area contributed by atoms with Crippen molar-refractivity contribution in [3.8, 4) is 0 Å². The molecule has 0 aliphatic rings. The molecule has 0 aromatic heterocycles. The normalized spacial score (nSPS) is 15.8. The number of hydroxylamine groups is 1. The van der Waals surface area contributed by atoms with E-state index in [0.29, 0.717) is 6.54 Å². The molecule has 6 heteroatoms. The van der Waals surface area contributed by atoms with Crippen molar-refractivity contribution in [2.75, 3.05) is 20.3 Å². The average Bonchev–Trinajstić information content (AvgIpc) is 2.49. The Kier molecular flexibility index (Phi) is 7.64. The Bertz CT molecular complexity index is 375. The first kappa shape index (κ1) is 17.0. The summed E-state index contributed by atoms with van der Waals surface area (Å²) in [5.74, 6) is 0. The number of ether oxygens (including phenoxy) is 1. The van der Waals surface area contributed by atoms with Gasteiger partial charge in [0.2, 0.25) is 0 Å². The second-order valence-corrected chi connectivity index (χ2v) is 4.75. The fraction of sp³-hybridized carbons (Fsp3) is 0.571. The van der Waals surface area contributed by atoms with Gasteiger partial charge in [0.05, 0.1) is 18.2 Å². The van der Waals surface area contributed by atoms with Gasteiger partial charge in [0.25, 0.3) is 0 Å². The SMILES string of the molecule is COC(c1ccc(C(CCCN)NO)cc1)C(N)CF. The molecule has 1 aromatic rings. The molecule has 0 saturated carbocycles. The summed E-state index contributed by atoms with van der Waals surface area (Å²) in [5, 5.41) is 9.17. The van der Waals surface area contributed by atoms with E-state index in [4.69, 9.17) is 16.2 Å². The van der Waals surface area contributed by atoms with Crippen molar-refractivity contribution in [1.29, 1.82) is 0 Å². The number of methoxy groups -OCH3 is 1. The maximum atomic E-state index is 12.7. The first-order valence-corrected chi connectivity index (χ1v) is 6.71. The Morgan fingerprint density at radius 1 is 1.30 bits per heavy atom. The summed E-state index contributed by atoms with van der Waals surface area (Å²) < 4.78 is 17.9. The van der Waals surface area contributed by atoms with Gasteiger partial charge in [-0.15, -0.1) is 0 Å². The molecule has 0 saturated heterocycles. The molecule has 114 valence electrons. The largest absolute Gasteiger partial charge is 0.375 e. The number of rotatable bonds is 9. The third-order valence-corrected chi connectivity index (χ3v) is 3.34. The third-order valence-electron chi connectivity index (χ3n) is 3.34. The first-order valence-electron chi connectivity index (χ1n) is 6.71. The summed E-state index contributed by atoms with van der Waals surface area (Å²) in [4.78, 5) is 0. The molecule has 0 amide bonds. The molecule has 0 aliphatic heterocycles. The monoisotopic (exact) mass is 285 g/mol. The minimum Gasteiger partial charge on any atom is -0.375 e. The lowest BCUT2D eigenvalue weighted by molar-refractivity contribution is 0.0720. The van der Waals surface area contributed by atoms with Crippen molar-refractivity contribution in [3.05, 3.63) is 35.4 Å². The molecular formula is C14H24FN3O2. The van der Waals surface area contributed by atoms with E-state index in [1.165, 1.54) is 7.11 Å². The molecule has 0 bridgehead atoms. The van der Waals surface area contributed by atoms with Crippen LogP contribution in [0.1, 0.15) is 36.1 Å². The van der Waals surface area contributed by atoms with E-state index in [0.717, 1.165) is 24.0 Å². The second kappa shape index (κ2) is 8.99. The van der Waals surface area contributed by atoms with Crippen LogP contribution in [0.15, 0.2) is 24.3 Å². The fourth-order valence-electron chi connectivity index (χ4n) is 2.18. The number of benzene rings is 1. The number of nitrogens with one attached hydrogen (secondary N) is 1. The highest BCUT2D eigenvalue weighted by atomic mass is 19.1. The lowest BCUT2D eigenvalue weighted by atomic mass is 9.97. The minimum absolute atomic E-state index is 0.163. The summed E-state index contributed by atoms with van der Waals surface area (Å²) in [7, 11) is 1.51. The molecule has 0 spiro atoms. The standard InChI is InChI=1S/C14H24FN3O2/c1-20-14(12(17)9-15)11-6-4-10(5-7-11)13(18-19)3-2-8-16/h4-7,12-14,18-19H,2-3,8-9,16-17H2,1H3. The molecule has 0 fully saturated rings. The Labute approximate surface area is 119 Å². The van der Waals surface area contributed by atoms with Crippen LogP contribution in [0.25, 0.3) is 0 Å². The van der Waals surface area contributed by atoms with Gasteiger partial charge in [-0.3, -0.25) is 0 Å². The molecule has 3 atom stereocenters. The molecule has 3 unspecified atom stereocenters. The lowest BCUT2D eigenvalue weighted by Gasteiger charge is -2.21. The van der Waals surface area contributed by atoms with Crippen molar-refractivity contribution in [1.82, 2.24) is 5.48 Å². The summed E-state index contributed by atoms with van der Waals surface area (Å²) in [5.41, 5.74) is 15.2. The molecule has 5 nitrogen and oxygen atoms in total. The van der Waals surface area contributed by atoms with Crippen molar-refractivity contribution in [2.24, 2.45) is 11.5 Å². The second-order valence-electron chi connectivity index (χ2n) is 4.75. The quantitative estimate of drug-likeness (QED) is 0.515. The van der Waals surface area contributed by atoms with Crippen molar-refractivity contribution >= 4 is 0 Å². The molecule has 20 heavy (non-hydrogen) atoms. The Balaban J connectivity index is 2.80. The zero-order valence-corrected chi connectivity index (χ0v) is 11.8. The van der Waals surface area contributed by atoms with Gasteiger partial charge >= 0.3 is 0 Å². The summed E-state index contributed by atoms with van der Waals surface area (Å²) in [6, 6.07) is 6.57. The van der Waals surface area contributed by atoms with Crippen molar-refractivity contribution in [2.45, 2.75) is 31.0 Å². The van der Waals surface area contributed by atoms with Gasteiger partial charge in [-0.25, -0.2) is 4.39 Å². The Morgan fingerprint density at radius 2 is 1.90 bits per heavy atom. The predicted octanol–water partition coefficient (Wildman–Crippen LogP) is 1.43. The van der Waals surface area contributed by atoms with Crippen LogP contribution < -0.4 is 16.9 Å². The van der Waals surface area contributed by atoms with E-state index in [-0.39, 0.29) is 6.04 Å². The average molecular weight is 285 g/mol. The molecule has 1 rings (SSSR count). The zero-order valence-electron chi connectivity index (χ0n) is 11.8. The van der Waals surface area contributed by atoms with Gasteiger partial charge in [0, 0.05) is 7.11 Å². The molecule has 0 heterocycles. The lowest BCUT2D eigenvalue weighted by Crippen LogP contribution is -2.31. The van der Waals surface area contributed by atoms with Gasteiger partial charge in [-0.05, 0) is 30.5 Å². The highest BCUT2D eigenvalue weighted by Gasteiger charge is 2.19. The van der Waals surface area contributed by atoms with E-state index in [1.807, 2.05) is 24.3 Å². The van der Waals surface area contributed by atoms with E-state index in [2.05, 4.69) is 5.48 Å². The number of hydrogen-bond acceptors (Lipinski definition) is 5. The van der Waals surface area contributed by atoms with Crippen LogP contribution in [0.5, 0.6) is 0 Å². The van der Waals surface area contributed by atoms with Gasteiger partial charge in [0.15, 0.2) is 0 Å². The maximum Gasteiger partial charge on any atom is 0.107 e. The molecule has 0 radical (unpaired) electrons. The summed E-state index contributed by atoms with van der Waals surface area (Å²) in [6.45, 7) is -0.0645. The number of hydrogen-bond donors (Lipinski definition) is 4. The van der Waals surface area contributed by atoms with Crippen LogP contribution in [-0.4, -0.2) is 31.6 Å². The molecule has 0 aliphatic carbocycles. The van der Waals surface area contributed by atoms with Crippen molar-refractivity contribution < 1.29 is 14.3 Å². The van der Waals surface area contributed by atoms with Gasteiger partial charge < -0.3 is 21.4 Å². The highest BCUT2D eigenvalue weighted by Crippen LogP contribution is 2.24. The fourth-order valence-corrected chi connectivity index (χ4v) is 2.18. The first-order chi connectivity index (χ1) is 9.67. The highest BCUT2D eigenvalue weighted by molar-refractivity contribution is 5.27. The molecule has 1 aromatic carbocycles. The van der Waals surface area contributed by atoms with Gasteiger partial charge in [-0.1, -0.05) is 24.3 Å². The number of alkyl halides is 1. The van der Waals surface area contributed by atoms with E-state index < -0.39 is 18.8 Å². The minimum atomic E-state index is -0.685. The van der Waals surface area contributed by atoms with Gasteiger partial charge in [-0.2, -0.15) is 5.48 Å². The zero-order chi connectivity index (χ0) is 15.0.